The number of para-hydroxylation sites is 1. The number of carbonyl (C=O) groups is 1. The zero-order chi connectivity index (χ0) is 19.3. The Morgan fingerprint density at radius 2 is 1.82 bits per heavy atom. The van der Waals surface area contributed by atoms with Crippen molar-refractivity contribution in [2.45, 2.75) is 13.0 Å². The Bertz CT molecular complexity index is 1110. The van der Waals surface area contributed by atoms with Crippen molar-refractivity contribution in [1.82, 2.24) is 20.4 Å². The number of nitrogens with zero attached hydrogens (tertiary/aromatic N) is 3. The number of benzene rings is 2. The van der Waals surface area contributed by atoms with Gasteiger partial charge in [-0.3, -0.25) is 4.79 Å². The van der Waals surface area contributed by atoms with Crippen LogP contribution in [0, 0.1) is 0 Å². The molecule has 4 rings (SSSR count). The van der Waals surface area contributed by atoms with Crippen LogP contribution in [0.15, 0.2) is 65.2 Å². The number of pyridine rings is 1. The van der Waals surface area contributed by atoms with Crippen LogP contribution in [0.1, 0.15) is 22.1 Å². The third-order valence-corrected chi connectivity index (χ3v) is 4.31. The van der Waals surface area contributed by atoms with Crippen LogP contribution in [0.2, 0.25) is 0 Å². The molecular weight excluding hydrogens is 356 g/mol. The molecule has 0 radical (unpaired) electrons. The van der Waals surface area contributed by atoms with Gasteiger partial charge in [0.25, 0.3) is 11.8 Å². The van der Waals surface area contributed by atoms with E-state index in [0.29, 0.717) is 24.4 Å². The summed E-state index contributed by atoms with van der Waals surface area (Å²) in [5, 5.41) is 16.4. The van der Waals surface area contributed by atoms with E-state index in [1.54, 1.807) is 0 Å². The highest BCUT2D eigenvalue weighted by atomic mass is 16.5. The second-order valence-electron chi connectivity index (χ2n) is 6.21. The first-order chi connectivity index (χ1) is 13.7. The van der Waals surface area contributed by atoms with Crippen molar-refractivity contribution in [2.24, 2.45) is 0 Å². The predicted molar refractivity (Wildman–Crippen MR) is 103 cm³/mol. The quantitative estimate of drug-likeness (QED) is 0.538. The molecule has 0 unspecified atom stereocenters. The van der Waals surface area contributed by atoms with Gasteiger partial charge in [0.2, 0.25) is 0 Å². The fourth-order valence-electron chi connectivity index (χ4n) is 2.96. The summed E-state index contributed by atoms with van der Waals surface area (Å²) in [7, 11) is 0. The van der Waals surface area contributed by atoms with Gasteiger partial charge in [-0.15, -0.1) is 0 Å². The van der Waals surface area contributed by atoms with Gasteiger partial charge >= 0.3 is 0 Å². The van der Waals surface area contributed by atoms with E-state index in [1.807, 2.05) is 60.7 Å². The van der Waals surface area contributed by atoms with Crippen LogP contribution >= 0.6 is 0 Å². The molecule has 0 aliphatic rings. The lowest BCUT2D eigenvalue weighted by molar-refractivity contribution is 0.0955. The highest BCUT2D eigenvalue weighted by molar-refractivity contribution is 6.07. The molecule has 0 bridgehead atoms. The number of amides is 1. The predicted octanol–water partition coefficient (Wildman–Crippen LogP) is 2.75. The van der Waals surface area contributed by atoms with Crippen molar-refractivity contribution >= 4 is 16.8 Å². The molecular formula is C21H18N4O3. The number of aliphatic hydroxyl groups is 1. The molecule has 7 nitrogen and oxygen atoms in total. The maximum Gasteiger partial charge on any atom is 0.252 e. The van der Waals surface area contributed by atoms with Crippen LogP contribution < -0.4 is 5.32 Å². The zero-order valence-corrected chi connectivity index (χ0v) is 15.0. The number of rotatable bonds is 6. The minimum Gasteiger partial charge on any atom is -0.387 e. The van der Waals surface area contributed by atoms with Gasteiger partial charge in [0.05, 0.1) is 16.8 Å². The molecule has 4 aromatic rings. The molecule has 2 aromatic carbocycles. The molecule has 7 heteroatoms. The smallest absolute Gasteiger partial charge is 0.252 e. The van der Waals surface area contributed by atoms with E-state index >= 15 is 0 Å². The SMILES string of the molecule is O=C(NCCc1noc(CO)n1)c1cc(-c2ccccc2)nc2ccccc12. The second kappa shape index (κ2) is 7.98. The fourth-order valence-corrected chi connectivity index (χ4v) is 2.96. The van der Waals surface area contributed by atoms with Crippen molar-refractivity contribution in [3.63, 3.8) is 0 Å². The molecule has 0 saturated heterocycles. The first-order valence-corrected chi connectivity index (χ1v) is 8.90. The summed E-state index contributed by atoms with van der Waals surface area (Å²) in [6.07, 6.45) is 0.407. The van der Waals surface area contributed by atoms with E-state index in [9.17, 15) is 4.79 Å². The first kappa shape index (κ1) is 17.8. The molecule has 0 saturated carbocycles. The third-order valence-electron chi connectivity index (χ3n) is 4.31. The number of hydrogen-bond donors (Lipinski definition) is 2. The van der Waals surface area contributed by atoms with Crippen LogP contribution in [0.5, 0.6) is 0 Å². The van der Waals surface area contributed by atoms with E-state index in [-0.39, 0.29) is 18.4 Å². The summed E-state index contributed by atoms with van der Waals surface area (Å²) in [6, 6.07) is 19.1. The Hall–Kier alpha value is -3.58. The molecule has 140 valence electrons. The Morgan fingerprint density at radius 1 is 1.04 bits per heavy atom. The number of aromatic nitrogens is 3. The number of nitrogens with one attached hydrogen (secondary N) is 1. The van der Waals surface area contributed by atoms with Crippen molar-refractivity contribution in [3.8, 4) is 11.3 Å². The Labute approximate surface area is 161 Å². The van der Waals surface area contributed by atoms with Gasteiger partial charge in [0.1, 0.15) is 6.61 Å². The lowest BCUT2D eigenvalue weighted by atomic mass is 10.0. The molecule has 1 amide bonds. The van der Waals surface area contributed by atoms with Crippen molar-refractivity contribution in [3.05, 3.63) is 77.9 Å². The first-order valence-electron chi connectivity index (χ1n) is 8.90. The zero-order valence-electron chi connectivity index (χ0n) is 15.0. The number of fused-ring (bicyclic) bond motifs is 1. The molecule has 28 heavy (non-hydrogen) atoms. The molecule has 2 heterocycles. The molecule has 0 aliphatic carbocycles. The summed E-state index contributed by atoms with van der Waals surface area (Å²) < 4.78 is 4.85. The average molecular weight is 374 g/mol. The van der Waals surface area contributed by atoms with E-state index in [1.165, 1.54) is 0 Å². The normalized spacial score (nSPS) is 10.9. The Kier molecular flexibility index (Phi) is 5.07. The lowest BCUT2D eigenvalue weighted by Gasteiger charge is -2.10. The largest absolute Gasteiger partial charge is 0.387 e. The monoisotopic (exact) mass is 374 g/mol. The summed E-state index contributed by atoms with van der Waals surface area (Å²) in [6.45, 7) is 0.0468. The number of aliphatic hydroxyl groups excluding tert-OH is 1. The Balaban J connectivity index is 1.58. The van der Waals surface area contributed by atoms with Gasteiger partial charge in [-0.2, -0.15) is 4.98 Å². The van der Waals surface area contributed by atoms with Gasteiger partial charge in [-0.1, -0.05) is 53.7 Å². The van der Waals surface area contributed by atoms with Crippen LogP contribution in [-0.4, -0.2) is 32.7 Å². The topological polar surface area (TPSA) is 101 Å². The fraction of sp³-hybridized carbons (Fsp3) is 0.143. The van der Waals surface area contributed by atoms with E-state index < -0.39 is 0 Å². The average Bonchev–Trinajstić information content (AvgIpc) is 3.21. The van der Waals surface area contributed by atoms with Crippen molar-refractivity contribution in [2.75, 3.05) is 6.54 Å². The number of carbonyl (C=O) groups excluding carboxylic acids is 1. The third kappa shape index (κ3) is 3.74. The van der Waals surface area contributed by atoms with Gasteiger partial charge in [-0.05, 0) is 12.1 Å². The van der Waals surface area contributed by atoms with E-state index in [0.717, 1.165) is 22.2 Å². The van der Waals surface area contributed by atoms with Gasteiger partial charge in [-0.25, -0.2) is 4.98 Å². The second-order valence-corrected chi connectivity index (χ2v) is 6.21. The molecule has 2 N–H and O–H groups in total. The van der Waals surface area contributed by atoms with E-state index in [4.69, 9.17) is 14.6 Å². The molecule has 0 aliphatic heterocycles. The molecule has 0 spiro atoms. The molecule has 2 aromatic heterocycles. The van der Waals surface area contributed by atoms with Crippen LogP contribution in [0.4, 0.5) is 0 Å². The van der Waals surface area contributed by atoms with Crippen molar-refractivity contribution in [1.29, 1.82) is 0 Å². The minimum absolute atomic E-state index is 0.161. The molecule has 0 fully saturated rings. The summed E-state index contributed by atoms with van der Waals surface area (Å²) in [5.74, 6) is 0.407. The van der Waals surface area contributed by atoms with Gasteiger partial charge in [0, 0.05) is 23.9 Å². The number of hydrogen-bond acceptors (Lipinski definition) is 6. The summed E-state index contributed by atoms with van der Waals surface area (Å²) >= 11 is 0. The lowest BCUT2D eigenvalue weighted by Crippen LogP contribution is -2.26. The van der Waals surface area contributed by atoms with Crippen molar-refractivity contribution < 1.29 is 14.4 Å². The highest BCUT2D eigenvalue weighted by Crippen LogP contribution is 2.24. The van der Waals surface area contributed by atoms with Crippen LogP contribution in [0.3, 0.4) is 0 Å². The van der Waals surface area contributed by atoms with Gasteiger partial charge < -0.3 is 14.9 Å². The maximum atomic E-state index is 12.9. The summed E-state index contributed by atoms with van der Waals surface area (Å²) in [4.78, 5) is 21.6. The minimum atomic E-state index is -0.301. The molecule has 0 atom stereocenters. The Morgan fingerprint density at radius 3 is 2.61 bits per heavy atom. The standard InChI is InChI=1S/C21H18N4O3/c26-13-20-24-19(25-28-20)10-11-22-21(27)16-12-18(14-6-2-1-3-7-14)23-17-9-5-4-8-15(16)17/h1-9,12,26H,10-11,13H2,(H,22,27). The van der Waals surface area contributed by atoms with Gasteiger partial charge in [0.15, 0.2) is 5.82 Å². The van der Waals surface area contributed by atoms with E-state index in [2.05, 4.69) is 15.5 Å². The maximum absolute atomic E-state index is 12.9. The summed E-state index contributed by atoms with van der Waals surface area (Å²) in [5.41, 5.74) is 3.02. The highest BCUT2D eigenvalue weighted by Gasteiger charge is 2.14. The van der Waals surface area contributed by atoms with Crippen LogP contribution in [-0.2, 0) is 13.0 Å². The van der Waals surface area contributed by atoms with Crippen LogP contribution in [0.25, 0.3) is 22.2 Å².